The van der Waals surface area contributed by atoms with E-state index >= 15 is 0 Å². The third kappa shape index (κ3) is 6.26. The molecule has 10 heteroatoms. The van der Waals surface area contributed by atoms with Gasteiger partial charge >= 0.3 is 6.18 Å². The molecule has 0 saturated heterocycles. The number of para-hydroxylation sites is 1. The monoisotopic (exact) mass is 528 g/mol. The number of nitrogens with zero attached hydrogens (tertiary/aromatic N) is 1. The molecule has 0 atom stereocenters. The quantitative estimate of drug-likeness (QED) is 0.283. The van der Waals surface area contributed by atoms with Crippen molar-refractivity contribution in [3.05, 3.63) is 84.6 Å². The van der Waals surface area contributed by atoms with E-state index in [-0.39, 0.29) is 35.0 Å². The van der Waals surface area contributed by atoms with Gasteiger partial charge in [-0.15, -0.1) is 0 Å². The van der Waals surface area contributed by atoms with Gasteiger partial charge in [0.25, 0.3) is 0 Å². The molecule has 1 heterocycles. The van der Waals surface area contributed by atoms with E-state index in [1.165, 1.54) is 31.3 Å². The molecule has 1 amide bonds. The summed E-state index contributed by atoms with van der Waals surface area (Å²) in [6.45, 7) is 1.62. The van der Waals surface area contributed by atoms with Crippen LogP contribution in [-0.4, -0.2) is 31.6 Å². The number of hydrogen-bond acceptors (Lipinski definition) is 5. The SMILES string of the molecule is CC(=O)NCCCS(=O)(=O)c1cccc(Oc2cccc(-c3ccnc4c(C(F)(F)F)cccc34)c2)c1. The zero-order valence-corrected chi connectivity index (χ0v) is 20.6. The van der Waals surface area contributed by atoms with Crippen molar-refractivity contribution in [3.63, 3.8) is 0 Å². The third-order valence-electron chi connectivity index (χ3n) is 5.59. The van der Waals surface area contributed by atoms with Crippen LogP contribution in [0.4, 0.5) is 13.2 Å². The first kappa shape index (κ1) is 26.2. The molecule has 192 valence electrons. The van der Waals surface area contributed by atoms with Crippen LogP contribution >= 0.6 is 0 Å². The highest BCUT2D eigenvalue weighted by Crippen LogP contribution is 2.37. The first-order valence-electron chi connectivity index (χ1n) is 11.3. The van der Waals surface area contributed by atoms with Gasteiger partial charge in [-0.1, -0.05) is 30.3 Å². The minimum Gasteiger partial charge on any atom is -0.457 e. The van der Waals surface area contributed by atoms with Crippen molar-refractivity contribution in [2.75, 3.05) is 12.3 Å². The van der Waals surface area contributed by atoms with Gasteiger partial charge in [0.15, 0.2) is 9.84 Å². The molecule has 1 N–H and O–H groups in total. The molecule has 37 heavy (non-hydrogen) atoms. The van der Waals surface area contributed by atoms with Crippen molar-refractivity contribution >= 4 is 26.6 Å². The molecule has 0 saturated carbocycles. The molecular formula is C27H23F3N2O4S. The van der Waals surface area contributed by atoms with Crippen LogP contribution in [0.1, 0.15) is 18.9 Å². The summed E-state index contributed by atoms with van der Waals surface area (Å²) in [5.74, 6) is 0.311. The topological polar surface area (TPSA) is 85.4 Å². The van der Waals surface area contributed by atoms with E-state index in [0.29, 0.717) is 28.0 Å². The van der Waals surface area contributed by atoms with Crippen molar-refractivity contribution < 1.29 is 31.1 Å². The number of carbonyl (C=O) groups is 1. The van der Waals surface area contributed by atoms with Gasteiger partial charge in [-0.3, -0.25) is 9.78 Å². The number of nitrogens with one attached hydrogen (secondary N) is 1. The second-order valence-electron chi connectivity index (χ2n) is 8.32. The third-order valence-corrected chi connectivity index (χ3v) is 7.38. The first-order chi connectivity index (χ1) is 17.5. The minimum atomic E-state index is -4.54. The summed E-state index contributed by atoms with van der Waals surface area (Å²) in [5.41, 5.74) is 0.215. The number of benzene rings is 3. The summed E-state index contributed by atoms with van der Waals surface area (Å²) < 4.78 is 71.7. The highest BCUT2D eigenvalue weighted by Gasteiger charge is 2.33. The number of ether oxygens (including phenoxy) is 1. The van der Waals surface area contributed by atoms with Crippen molar-refractivity contribution in [2.24, 2.45) is 0 Å². The van der Waals surface area contributed by atoms with Gasteiger partial charge in [0.1, 0.15) is 11.5 Å². The zero-order chi connectivity index (χ0) is 26.6. The Morgan fingerprint density at radius 3 is 2.41 bits per heavy atom. The lowest BCUT2D eigenvalue weighted by Gasteiger charge is -2.13. The number of fused-ring (bicyclic) bond motifs is 1. The molecule has 0 aliphatic carbocycles. The highest BCUT2D eigenvalue weighted by molar-refractivity contribution is 7.91. The zero-order valence-electron chi connectivity index (χ0n) is 19.7. The predicted molar refractivity (Wildman–Crippen MR) is 134 cm³/mol. The van der Waals surface area contributed by atoms with Crippen LogP contribution in [0.5, 0.6) is 11.5 Å². The molecule has 4 aromatic rings. The van der Waals surface area contributed by atoms with Gasteiger partial charge in [0.05, 0.1) is 21.7 Å². The summed E-state index contributed by atoms with van der Waals surface area (Å²) >= 11 is 0. The van der Waals surface area contributed by atoms with Gasteiger partial charge in [0.2, 0.25) is 5.91 Å². The average Bonchev–Trinajstić information content (AvgIpc) is 2.85. The van der Waals surface area contributed by atoms with Crippen molar-refractivity contribution in [1.82, 2.24) is 10.3 Å². The maximum Gasteiger partial charge on any atom is 0.418 e. The van der Waals surface area contributed by atoms with Crippen LogP contribution < -0.4 is 10.1 Å². The predicted octanol–water partition coefficient (Wildman–Crippen LogP) is 6.01. The van der Waals surface area contributed by atoms with Crippen LogP contribution in [0.25, 0.3) is 22.0 Å². The number of rotatable bonds is 8. The second-order valence-corrected chi connectivity index (χ2v) is 10.4. The fourth-order valence-electron chi connectivity index (χ4n) is 3.90. The summed E-state index contributed by atoms with van der Waals surface area (Å²) in [6.07, 6.45) is -2.93. The van der Waals surface area contributed by atoms with Crippen LogP contribution in [0.15, 0.2) is 83.9 Å². The Hall–Kier alpha value is -3.92. The number of pyridine rings is 1. The van der Waals surface area contributed by atoms with Gasteiger partial charge < -0.3 is 10.1 Å². The lowest BCUT2D eigenvalue weighted by Crippen LogP contribution is -2.23. The number of amides is 1. The first-order valence-corrected chi connectivity index (χ1v) is 13.0. The highest BCUT2D eigenvalue weighted by atomic mass is 32.2. The largest absolute Gasteiger partial charge is 0.457 e. The van der Waals surface area contributed by atoms with Gasteiger partial charge in [-0.2, -0.15) is 13.2 Å². The van der Waals surface area contributed by atoms with Gasteiger partial charge in [-0.25, -0.2) is 8.42 Å². The molecule has 0 unspecified atom stereocenters. The van der Waals surface area contributed by atoms with E-state index in [0.717, 1.165) is 6.07 Å². The van der Waals surface area contributed by atoms with E-state index in [9.17, 15) is 26.4 Å². The lowest BCUT2D eigenvalue weighted by atomic mass is 9.99. The number of aromatic nitrogens is 1. The Labute approximate surface area is 212 Å². The van der Waals surface area contributed by atoms with Crippen LogP contribution in [0, 0.1) is 0 Å². The Kier molecular flexibility index (Phi) is 7.49. The molecular weight excluding hydrogens is 505 g/mol. The fraction of sp³-hybridized carbons (Fsp3) is 0.185. The number of halogens is 3. The maximum atomic E-state index is 13.5. The van der Waals surface area contributed by atoms with Gasteiger partial charge in [-0.05, 0) is 60.0 Å². The Morgan fingerprint density at radius 2 is 1.68 bits per heavy atom. The molecule has 0 fully saturated rings. The number of carbonyl (C=O) groups excluding carboxylic acids is 1. The number of hydrogen-bond donors (Lipinski definition) is 1. The summed E-state index contributed by atoms with van der Waals surface area (Å²) in [5, 5.41) is 2.92. The van der Waals surface area contributed by atoms with Crippen molar-refractivity contribution in [1.29, 1.82) is 0 Å². The molecule has 0 bridgehead atoms. The molecule has 0 spiro atoms. The van der Waals surface area contributed by atoms with Crippen LogP contribution in [0.3, 0.4) is 0 Å². The van der Waals surface area contributed by atoms with E-state index in [4.69, 9.17) is 4.74 Å². The average molecular weight is 529 g/mol. The van der Waals surface area contributed by atoms with Crippen LogP contribution in [-0.2, 0) is 20.8 Å². The standard InChI is InChI=1S/C27H23F3N2O4S/c1-18(33)31-13-5-15-37(34,35)22-9-3-8-21(17-22)36-20-7-2-6-19(16-20)23-12-14-32-26-24(23)10-4-11-25(26)27(28,29)30/h2-4,6-12,14,16-17H,5,13,15H2,1H3,(H,31,33). The molecule has 0 aliphatic heterocycles. The van der Waals surface area contributed by atoms with E-state index in [2.05, 4.69) is 10.3 Å². The van der Waals surface area contributed by atoms with Crippen molar-refractivity contribution in [2.45, 2.75) is 24.4 Å². The van der Waals surface area contributed by atoms with E-state index < -0.39 is 21.6 Å². The molecule has 4 rings (SSSR count). The van der Waals surface area contributed by atoms with Crippen molar-refractivity contribution in [3.8, 4) is 22.6 Å². The second kappa shape index (κ2) is 10.6. The minimum absolute atomic E-state index is 0.0868. The summed E-state index contributed by atoms with van der Waals surface area (Å²) in [4.78, 5) is 15.0. The van der Waals surface area contributed by atoms with E-state index in [1.807, 2.05) is 0 Å². The van der Waals surface area contributed by atoms with Crippen LogP contribution in [0.2, 0.25) is 0 Å². The Balaban J connectivity index is 1.59. The Bertz CT molecular complexity index is 1550. The molecule has 1 aromatic heterocycles. The molecule has 3 aromatic carbocycles. The molecule has 0 radical (unpaired) electrons. The van der Waals surface area contributed by atoms with E-state index in [1.54, 1.807) is 48.5 Å². The summed E-state index contributed by atoms with van der Waals surface area (Å²) in [6, 6.07) is 18.4. The lowest BCUT2D eigenvalue weighted by molar-refractivity contribution is -0.136. The smallest absolute Gasteiger partial charge is 0.418 e. The number of alkyl halides is 3. The summed E-state index contributed by atoms with van der Waals surface area (Å²) in [7, 11) is -3.59. The normalized spacial score (nSPS) is 11.9. The fourth-order valence-corrected chi connectivity index (χ4v) is 5.24. The molecule has 6 nitrogen and oxygen atoms in total. The number of sulfone groups is 1. The molecule has 0 aliphatic rings. The maximum absolute atomic E-state index is 13.5. The van der Waals surface area contributed by atoms with Gasteiger partial charge in [0, 0.05) is 25.1 Å². The Morgan fingerprint density at radius 1 is 0.973 bits per heavy atom.